The molecule has 6 heteroatoms. The zero-order valence-corrected chi connectivity index (χ0v) is 9.90. The Bertz CT molecular complexity index is 534. The Labute approximate surface area is 99.1 Å². The molecule has 90 valence electrons. The van der Waals surface area contributed by atoms with E-state index in [4.69, 9.17) is 0 Å². The van der Waals surface area contributed by atoms with Gasteiger partial charge in [0.2, 0.25) is 5.91 Å². The maximum Gasteiger partial charge on any atom is 0.239 e. The van der Waals surface area contributed by atoms with E-state index in [0.29, 0.717) is 12.4 Å². The number of hydrogen-bond acceptors (Lipinski definition) is 4. The van der Waals surface area contributed by atoms with Gasteiger partial charge in [-0.15, -0.1) is 0 Å². The van der Waals surface area contributed by atoms with E-state index in [0.717, 1.165) is 11.0 Å². The fraction of sp³-hybridized carbons (Fsp3) is 0.364. The molecule has 2 aromatic rings. The quantitative estimate of drug-likeness (QED) is 0.807. The molecule has 0 aliphatic heterocycles. The maximum absolute atomic E-state index is 11.3. The number of pyridine rings is 1. The van der Waals surface area contributed by atoms with Crippen LogP contribution in [0.15, 0.2) is 18.6 Å². The fourth-order valence-corrected chi connectivity index (χ4v) is 1.62. The van der Waals surface area contributed by atoms with Crippen LogP contribution in [0.3, 0.4) is 0 Å². The molecule has 2 rings (SSSR count). The first kappa shape index (κ1) is 11.4. The summed E-state index contributed by atoms with van der Waals surface area (Å²) in [4.78, 5) is 19.8. The molecule has 0 unspecified atom stereocenters. The van der Waals surface area contributed by atoms with Gasteiger partial charge in [-0.05, 0) is 13.0 Å². The van der Waals surface area contributed by atoms with Gasteiger partial charge in [0.25, 0.3) is 0 Å². The Hall–Kier alpha value is -2.11. The highest BCUT2D eigenvalue weighted by molar-refractivity contribution is 5.88. The predicted molar refractivity (Wildman–Crippen MR) is 65.7 cm³/mol. The molecule has 0 bridgehead atoms. The monoisotopic (exact) mass is 233 g/mol. The van der Waals surface area contributed by atoms with E-state index < -0.39 is 0 Å². The third-order valence-electron chi connectivity index (χ3n) is 2.43. The Kier molecular flexibility index (Phi) is 3.22. The maximum atomic E-state index is 11.3. The van der Waals surface area contributed by atoms with Crippen molar-refractivity contribution in [3.05, 3.63) is 18.6 Å². The van der Waals surface area contributed by atoms with Crippen molar-refractivity contribution in [2.24, 2.45) is 7.05 Å². The van der Waals surface area contributed by atoms with E-state index in [1.165, 1.54) is 0 Å². The summed E-state index contributed by atoms with van der Waals surface area (Å²) in [5, 5.41) is 5.70. The Balaban J connectivity index is 2.16. The summed E-state index contributed by atoms with van der Waals surface area (Å²) in [7, 11) is 1.92. The molecule has 6 nitrogen and oxygen atoms in total. The highest BCUT2D eigenvalue weighted by Gasteiger charge is 2.07. The van der Waals surface area contributed by atoms with Crippen LogP contribution in [0, 0.1) is 0 Å². The van der Waals surface area contributed by atoms with Crippen molar-refractivity contribution in [3.63, 3.8) is 0 Å². The molecule has 0 aromatic carbocycles. The van der Waals surface area contributed by atoms with Crippen LogP contribution in [0.1, 0.15) is 6.92 Å². The van der Waals surface area contributed by atoms with Crippen molar-refractivity contribution in [1.82, 2.24) is 19.9 Å². The van der Waals surface area contributed by atoms with Crippen molar-refractivity contribution in [2.45, 2.75) is 6.92 Å². The minimum atomic E-state index is -0.0535. The summed E-state index contributed by atoms with van der Waals surface area (Å²) >= 11 is 0. The molecule has 1 amide bonds. The number of imidazole rings is 1. The number of aryl methyl sites for hydroxylation is 1. The highest BCUT2D eigenvalue weighted by atomic mass is 16.1. The molecule has 0 atom stereocenters. The molecular formula is C11H15N5O. The van der Waals surface area contributed by atoms with Crippen LogP contribution in [0.5, 0.6) is 0 Å². The van der Waals surface area contributed by atoms with Gasteiger partial charge in [0.05, 0.1) is 18.4 Å². The first-order valence-electron chi connectivity index (χ1n) is 5.49. The minimum absolute atomic E-state index is 0.0535. The number of anilines is 1. The number of likely N-dealkylation sites (N-methyl/N-ethyl adjacent to an activating group) is 1. The minimum Gasteiger partial charge on any atom is -0.359 e. The van der Waals surface area contributed by atoms with Crippen LogP contribution in [-0.4, -0.2) is 33.5 Å². The number of carbonyl (C=O) groups is 1. The van der Waals surface area contributed by atoms with Crippen LogP contribution in [-0.2, 0) is 11.8 Å². The number of hydrogen-bond donors (Lipinski definition) is 2. The van der Waals surface area contributed by atoms with Crippen molar-refractivity contribution >= 4 is 22.8 Å². The highest BCUT2D eigenvalue weighted by Crippen LogP contribution is 2.17. The normalized spacial score (nSPS) is 10.5. The predicted octanol–water partition coefficient (Wildman–Crippen LogP) is 0.516. The number of fused-ring (bicyclic) bond motifs is 1. The summed E-state index contributed by atoms with van der Waals surface area (Å²) in [5.74, 6) is 0.580. The number of rotatable bonds is 4. The zero-order chi connectivity index (χ0) is 12.3. The molecule has 0 saturated carbocycles. The Morgan fingerprint density at radius 1 is 1.47 bits per heavy atom. The lowest BCUT2D eigenvalue weighted by atomic mass is 10.3. The third-order valence-corrected chi connectivity index (χ3v) is 2.43. The van der Waals surface area contributed by atoms with Crippen molar-refractivity contribution in [1.29, 1.82) is 0 Å². The van der Waals surface area contributed by atoms with Gasteiger partial charge >= 0.3 is 0 Å². The molecule has 0 radical (unpaired) electrons. The molecular weight excluding hydrogens is 218 g/mol. The third kappa shape index (κ3) is 2.35. The van der Waals surface area contributed by atoms with Crippen LogP contribution < -0.4 is 10.6 Å². The number of amides is 1. The van der Waals surface area contributed by atoms with Gasteiger partial charge in [-0.3, -0.25) is 4.79 Å². The number of carbonyl (C=O) groups excluding carboxylic acids is 1. The van der Waals surface area contributed by atoms with Crippen molar-refractivity contribution < 1.29 is 4.79 Å². The molecule has 0 fully saturated rings. The van der Waals surface area contributed by atoms with Gasteiger partial charge in [-0.2, -0.15) is 0 Å². The van der Waals surface area contributed by atoms with Crippen molar-refractivity contribution in [3.8, 4) is 0 Å². The van der Waals surface area contributed by atoms with E-state index in [9.17, 15) is 4.79 Å². The summed E-state index contributed by atoms with van der Waals surface area (Å²) in [6.45, 7) is 2.72. The molecule has 2 heterocycles. The average molecular weight is 233 g/mol. The lowest BCUT2D eigenvalue weighted by Gasteiger charge is -2.06. The van der Waals surface area contributed by atoms with Gasteiger partial charge in [0, 0.05) is 19.8 Å². The van der Waals surface area contributed by atoms with Gasteiger partial charge in [0.15, 0.2) is 5.82 Å². The van der Waals surface area contributed by atoms with E-state index >= 15 is 0 Å². The molecule has 0 saturated heterocycles. The second kappa shape index (κ2) is 4.82. The van der Waals surface area contributed by atoms with Crippen molar-refractivity contribution in [2.75, 3.05) is 18.4 Å². The van der Waals surface area contributed by atoms with E-state index in [-0.39, 0.29) is 12.5 Å². The first-order chi connectivity index (χ1) is 8.22. The molecule has 0 spiro atoms. The zero-order valence-electron chi connectivity index (χ0n) is 9.90. The second-order valence-corrected chi connectivity index (χ2v) is 3.69. The lowest BCUT2D eigenvalue weighted by Crippen LogP contribution is -2.29. The summed E-state index contributed by atoms with van der Waals surface area (Å²) < 4.78 is 1.91. The van der Waals surface area contributed by atoms with E-state index in [2.05, 4.69) is 20.6 Å². The number of nitrogens with one attached hydrogen (secondary N) is 2. The topological polar surface area (TPSA) is 71.8 Å². The van der Waals surface area contributed by atoms with Crippen LogP contribution in [0.4, 0.5) is 5.82 Å². The lowest BCUT2D eigenvalue weighted by molar-refractivity contribution is -0.119. The number of nitrogens with zero attached hydrogens (tertiary/aromatic N) is 3. The standard InChI is InChI=1S/C11H15N5O/c1-3-12-9(17)6-14-11-10-8(4-5-13-11)16(2)7-15-10/h4-5,7H,3,6H2,1-2H3,(H,12,17)(H,13,14). The summed E-state index contributed by atoms with van der Waals surface area (Å²) in [5.41, 5.74) is 1.76. The van der Waals surface area contributed by atoms with Gasteiger partial charge in [-0.1, -0.05) is 0 Å². The second-order valence-electron chi connectivity index (χ2n) is 3.69. The van der Waals surface area contributed by atoms with Crippen LogP contribution in [0.25, 0.3) is 11.0 Å². The number of aromatic nitrogens is 3. The van der Waals surface area contributed by atoms with Gasteiger partial charge < -0.3 is 15.2 Å². The first-order valence-corrected chi connectivity index (χ1v) is 5.49. The smallest absolute Gasteiger partial charge is 0.239 e. The summed E-state index contributed by atoms with van der Waals surface area (Å²) in [6.07, 6.45) is 3.42. The van der Waals surface area contributed by atoms with Crippen LogP contribution >= 0.6 is 0 Å². The van der Waals surface area contributed by atoms with Crippen LogP contribution in [0.2, 0.25) is 0 Å². The van der Waals surface area contributed by atoms with E-state index in [1.54, 1.807) is 12.5 Å². The van der Waals surface area contributed by atoms with Gasteiger partial charge in [0.1, 0.15) is 5.52 Å². The molecule has 0 aliphatic rings. The van der Waals surface area contributed by atoms with E-state index in [1.807, 2.05) is 24.6 Å². The SMILES string of the molecule is CCNC(=O)CNc1nccc2c1ncn2C. The summed E-state index contributed by atoms with van der Waals surface area (Å²) in [6, 6.07) is 1.89. The van der Waals surface area contributed by atoms with Gasteiger partial charge in [-0.25, -0.2) is 9.97 Å². The average Bonchev–Trinajstić information content (AvgIpc) is 2.70. The Morgan fingerprint density at radius 2 is 2.29 bits per heavy atom. The molecule has 17 heavy (non-hydrogen) atoms. The largest absolute Gasteiger partial charge is 0.359 e. The molecule has 0 aliphatic carbocycles. The molecule has 2 aromatic heterocycles. The Morgan fingerprint density at radius 3 is 3.06 bits per heavy atom. The fourth-order valence-electron chi connectivity index (χ4n) is 1.62. The molecule has 2 N–H and O–H groups in total.